The van der Waals surface area contributed by atoms with Gasteiger partial charge in [0.1, 0.15) is 0 Å². The molecule has 0 fully saturated rings. The molecule has 0 aliphatic carbocycles. The van der Waals surface area contributed by atoms with Crippen LogP contribution in [0.25, 0.3) is 0 Å². The summed E-state index contributed by atoms with van der Waals surface area (Å²) in [5.41, 5.74) is 0. The van der Waals surface area contributed by atoms with Gasteiger partial charge in [0.05, 0.1) is 0 Å². The van der Waals surface area contributed by atoms with Crippen LogP contribution in [0, 0.1) is 0 Å². The van der Waals surface area contributed by atoms with Gasteiger partial charge in [-0.05, 0) is 0 Å². The minimum atomic E-state index is -2.64. The van der Waals surface area contributed by atoms with Crippen LogP contribution in [0.2, 0.25) is 4.18 Å². The van der Waals surface area contributed by atoms with Crippen molar-refractivity contribution in [1.29, 1.82) is 0 Å². The summed E-state index contributed by atoms with van der Waals surface area (Å²) in [5, 5.41) is 0. The number of rotatable bonds is 5. The summed E-state index contributed by atoms with van der Waals surface area (Å²) < 4.78 is 12.3. The summed E-state index contributed by atoms with van der Waals surface area (Å²) in [5.74, 6) is 0. The number of hydrogen-bond donors (Lipinski definition) is 1. The van der Waals surface area contributed by atoms with Gasteiger partial charge in [-0.1, -0.05) is 0 Å². The van der Waals surface area contributed by atoms with Crippen LogP contribution in [0.4, 0.5) is 0 Å². The van der Waals surface area contributed by atoms with E-state index in [4.69, 9.17) is 3.72 Å². The standard InChI is InChI=1S/C4H9.2C2H6N.Hf.H2N/c1-3-4-2;2*1-3-2;;/h1,3-4H2,2H3;2*1-2H3;;1H2/q;2*-1;+3;-1. The van der Waals surface area contributed by atoms with Gasteiger partial charge < -0.3 is 0 Å². The Hall–Kier alpha value is 0.750. The maximum atomic E-state index is 6.44. The molecule has 0 unspecified atom stereocenters. The van der Waals surface area contributed by atoms with Crippen molar-refractivity contribution in [1.82, 2.24) is 5.78 Å². The van der Waals surface area contributed by atoms with Crippen molar-refractivity contribution in [2.24, 2.45) is 3.72 Å². The Morgan fingerprint density at radius 1 is 1.08 bits per heavy atom. The summed E-state index contributed by atoms with van der Waals surface area (Å²) in [6, 6.07) is 0. The predicted octanol–water partition coefficient (Wildman–Crippen LogP) is 1.19. The molecule has 0 saturated heterocycles. The van der Waals surface area contributed by atoms with Gasteiger partial charge in [-0.3, -0.25) is 0 Å². The quantitative estimate of drug-likeness (QED) is 0.764. The Bertz CT molecular complexity index is 117. The molecule has 0 aliphatic heterocycles. The molecule has 0 radical (unpaired) electrons. The molecule has 0 heterocycles. The van der Waals surface area contributed by atoms with Gasteiger partial charge in [-0.2, -0.15) is 0 Å². The third-order valence-corrected chi connectivity index (χ3v) is 17.5. The van der Waals surface area contributed by atoms with E-state index in [1.165, 1.54) is 17.0 Å². The van der Waals surface area contributed by atoms with Crippen LogP contribution in [0.3, 0.4) is 0 Å². The molecule has 0 aromatic heterocycles. The molecule has 0 aromatic rings. The number of nitrogens with zero attached hydrogens (tertiary/aromatic N) is 2. The second-order valence-electron chi connectivity index (χ2n) is 3.77. The maximum absolute atomic E-state index is 6.44. The van der Waals surface area contributed by atoms with Crippen LogP contribution in [-0.4, -0.2) is 34.0 Å². The first kappa shape index (κ1) is 12.8. The van der Waals surface area contributed by atoms with E-state index >= 15 is 0 Å². The van der Waals surface area contributed by atoms with Crippen LogP contribution in [0.15, 0.2) is 0 Å². The molecule has 0 aromatic carbocycles. The average molecular weight is 340 g/mol. The van der Waals surface area contributed by atoms with Gasteiger partial charge in [0.2, 0.25) is 0 Å². The number of unbranched alkanes of at least 4 members (excludes halogenated alkanes) is 1. The fraction of sp³-hybridized carbons (Fsp3) is 1.00. The van der Waals surface area contributed by atoms with Gasteiger partial charge in [-0.25, -0.2) is 0 Å². The molecule has 0 aliphatic rings. The summed E-state index contributed by atoms with van der Waals surface area (Å²) in [7, 11) is 8.49. The fourth-order valence-corrected chi connectivity index (χ4v) is 10.5. The van der Waals surface area contributed by atoms with Crippen LogP contribution >= 0.6 is 0 Å². The molecule has 2 N–H and O–H groups in total. The molecule has 74 valence electrons. The number of hydrogen-bond acceptors (Lipinski definition) is 3. The molecule has 0 amide bonds. The van der Waals surface area contributed by atoms with E-state index in [2.05, 4.69) is 40.9 Å². The Kier molecular flexibility index (Phi) is 5.82. The molecule has 3 nitrogen and oxygen atoms in total. The first-order valence-corrected chi connectivity index (χ1v) is 12.4. The van der Waals surface area contributed by atoms with Crippen LogP contribution < -0.4 is 3.72 Å². The summed E-state index contributed by atoms with van der Waals surface area (Å²) in [6.45, 7) is 2.22. The molecule has 12 heavy (non-hydrogen) atoms. The monoisotopic (exact) mass is 341 g/mol. The third kappa shape index (κ3) is 3.24. The Morgan fingerprint density at radius 3 is 1.75 bits per heavy atom. The van der Waals surface area contributed by atoms with Gasteiger partial charge in [0.15, 0.2) is 0 Å². The number of nitrogens with two attached hydrogens (primary N) is 1. The van der Waals surface area contributed by atoms with E-state index < -0.39 is 20.8 Å². The van der Waals surface area contributed by atoms with E-state index in [1.54, 1.807) is 0 Å². The molecule has 4 heteroatoms. The van der Waals surface area contributed by atoms with Crippen LogP contribution in [0.1, 0.15) is 19.8 Å². The predicted molar refractivity (Wildman–Crippen MR) is 51.3 cm³/mol. The zero-order valence-corrected chi connectivity index (χ0v) is 12.7. The van der Waals surface area contributed by atoms with Crippen molar-refractivity contribution in [2.45, 2.75) is 23.9 Å². The molecular weight excluding hydrogens is 317 g/mol. The minimum absolute atomic E-state index is 1.24. The summed E-state index contributed by atoms with van der Waals surface area (Å²) in [6.07, 6.45) is 2.52. The van der Waals surface area contributed by atoms with Crippen molar-refractivity contribution in [3.8, 4) is 0 Å². The van der Waals surface area contributed by atoms with E-state index in [1.807, 2.05) is 0 Å². The topological polar surface area (TPSA) is 32.5 Å². The SMILES string of the molecule is CCC[CH2][Hf]([NH2])([N](C)C)[N](C)C. The Morgan fingerprint density at radius 2 is 1.50 bits per heavy atom. The Balaban J connectivity index is 4.19. The third-order valence-electron chi connectivity index (χ3n) is 2.45. The second-order valence-corrected chi connectivity index (χ2v) is 18.3. The van der Waals surface area contributed by atoms with Crippen molar-refractivity contribution < 1.29 is 20.8 Å². The molecule has 0 spiro atoms. The van der Waals surface area contributed by atoms with Gasteiger partial charge in [0, 0.05) is 0 Å². The second kappa shape index (κ2) is 5.47. The van der Waals surface area contributed by atoms with Crippen LogP contribution in [-0.2, 0) is 20.8 Å². The molecule has 0 rings (SSSR count). The Labute approximate surface area is 82.4 Å². The van der Waals surface area contributed by atoms with Gasteiger partial charge in [-0.15, -0.1) is 0 Å². The van der Waals surface area contributed by atoms with Gasteiger partial charge >= 0.3 is 82.5 Å². The first-order valence-electron chi connectivity index (χ1n) is 4.59. The normalized spacial score (nSPS) is 13.0. The van der Waals surface area contributed by atoms with Crippen molar-refractivity contribution in [3.63, 3.8) is 0 Å². The van der Waals surface area contributed by atoms with E-state index in [9.17, 15) is 0 Å². The fourth-order valence-electron chi connectivity index (χ4n) is 1.28. The van der Waals surface area contributed by atoms with E-state index in [0.717, 1.165) is 0 Å². The zero-order chi connectivity index (χ0) is 9.78. The van der Waals surface area contributed by atoms with Crippen molar-refractivity contribution in [3.05, 3.63) is 0 Å². The molecule has 0 bridgehead atoms. The summed E-state index contributed by atoms with van der Waals surface area (Å²) >= 11 is -2.64. The van der Waals surface area contributed by atoms with E-state index in [0.29, 0.717) is 0 Å². The first-order chi connectivity index (χ1) is 5.45. The van der Waals surface area contributed by atoms with Gasteiger partial charge in [0.25, 0.3) is 0 Å². The molecule has 0 atom stereocenters. The van der Waals surface area contributed by atoms with E-state index in [-0.39, 0.29) is 0 Å². The molecular formula is C8H23HfN3. The summed E-state index contributed by atoms with van der Waals surface area (Å²) in [4.78, 5) is 0. The van der Waals surface area contributed by atoms with Crippen LogP contribution in [0.5, 0.6) is 0 Å². The zero-order valence-electron chi connectivity index (χ0n) is 9.09. The van der Waals surface area contributed by atoms with Crippen molar-refractivity contribution >= 4 is 0 Å². The van der Waals surface area contributed by atoms with Crippen molar-refractivity contribution in [2.75, 3.05) is 28.2 Å². The molecule has 0 saturated carbocycles. The average Bonchev–Trinajstić information content (AvgIpc) is 1.99.